The molecule has 0 saturated carbocycles. The highest BCUT2D eigenvalue weighted by molar-refractivity contribution is 5.96. The van der Waals surface area contributed by atoms with Crippen LogP contribution in [0.5, 0.6) is 0 Å². The van der Waals surface area contributed by atoms with Crippen LogP contribution in [-0.2, 0) is 4.74 Å². The third-order valence-electron chi connectivity index (χ3n) is 4.67. The van der Waals surface area contributed by atoms with Gasteiger partial charge in [-0.05, 0) is 37.6 Å². The number of rotatable bonds is 7. The molecule has 3 rings (SSSR count). The second-order valence-corrected chi connectivity index (χ2v) is 6.55. The van der Waals surface area contributed by atoms with Crippen molar-refractivity contribution in [1.82, 2.24) is 4.90 Å². The Morgan fingerprint density at radius 3 is 2.70 bits per heavy atom. The van der Waals surface area contributed by atoms with Gasteiger partial charge in [-0.1, -0.05) is 18.2 Å². The van der Waals surface area contributed by atoms with E-state index in [1.165, 1.54) is 6.07 Å². The Kier molecular flexibility index (Phi) is 6.03. The predicted octanol–water partition coefficient (Wildman–Crippen LogP) is 3.84. The first-order chi connectivity index (χ1) is 13.1. The maximum absolute atomic E-state index is 12.9. The first-order valence-electron chi connectivity index (χ1n) is 9.06. The Labute approximate surface area is 158 Å². The molecule has 7 heteroatoms. The van der Waals surface area contributed by atoms with Crippen LogP contribution in [0.25, 0.3) is 0 Å². The Morgan fingerprint density at radius 2 is 2.07 bits per heavy atom. The summed E-state index contributed by atoms with van der Waals surface area (Å²) in [5.41, 5.74) is 1.30. The minimum atomic E-state index is -0.469. The summed E-state index contributed by atoms with van der Waals surface area (Å²) in [5, 5.41) is 14.6. The maximum Gasteiger partial charge on any atom is 0.293 e. The fraction of sp³-hybridized carbons (Fsp3) is 0.350. The molecule has 1 amide bonds. The van der Waals surface area contributed by atoms with Gasteiger partial charge < -0.3 is 15.0 Å². The number of carbonyl (C=O) groups is 1. The predicted molar refractivity (Wildman–Crippen MR) is 103 cm³/mol. The average Bonchev–Trinajstić information content (AvgIpc) is 3.20. The number of ether oxygens (including phenoxy) is 1. The lowest BCUT2D eigenvalue weighted by molar-refractivity contribution is -0.383. The third-order valence-corrected chi connectivity index (χ3v) is 4.67. The molecule has 0 spiro atoms. The number of nitrogens with one attached hydrogen (secondary N) is 1. The molecule has 1 aliphatic rings. The molecule has 27 heavy (non-hydrogen) atoms. The van der Waals surface area contributed by atoms with E-state index in [1.54, 1.807) is 17.0 Å². The summed E-state index contributed by atoms with van der Waals surface area (Å²) in [7, 11) is 0. The molecule has 1 atom stereocenters. The van der Waals surface area contributed by atoms with Crippen LogP contribution in [0.3, 0.4) is 0 Å². The van der Waals surface area contributed by atoms with E-state index >= 15 is 0 Å². The Hall–Kier alpha value is -2.93. The summed E-state index contributed by atoms with van der Waals surface area (Å²) in [4.78, 5) is 25.6. The smallest absolute Gasteiger partial charge is 0.293 e. The fourth-order valence-corrected chi connectivity index (χ4v) is 3.18. The summed E-state index contributed by atoms with van der Waals surface area (Å²) < 4.78 is 5.38. The van der Waals surface area contributed by atoms with Gasteiger partial charge in [0.05, 0.1) is 11.5 Å². The lowest BCUT2D eigenvalue weighted by Crippen LogP contribution is -2.35. The maximum atomic E-state index is 12.9. The molecule has 0 bridgehead atoms. The second kappa shape index (κ2) is 8.64. The van der Waals surface area contributed by atoms with Crippen LogP contribution in [0.2, 0.25) is 0 Å². The van der Waals surface area contributed by atoms with Crippen LogP contribution in [-0.4, -0.2) is 42.0 Å². The first-order valence-corrected chi connectivity index (χ1v) is 9.06. The Morgan fingerprint density at radius 1 is 1.30 bits per heavy atom. The number of nitrogens with zero attached hydrogens (tertiary/aromatic N) is 2. The van der Waals surface area contributed by atoms with E-state index in [4.69, 9.17) is 4.74 Å². The number of carbonyl (C=O) groups excluding carboxylic acids is 1. The number of hydrogen-bond donors (Lipinski definition) is 1. The van der Waals surface area contributed by atoms with Crippen LogP contribution < -0.4 is 5.32 Å². The van der Waals surface area contributed by atoms with Crippen LogP contribution >= 0.6 is 0 Å². The zero-order valence-corrected chi connectivity index (χ0v) is 15.3. The molecule has 2 aromatic carbocycles. The number of hydrogen-bond acceptors (Lipinski definition) is 5. The van der Waals surface area contributed by atoms with E-state index in [-0.39, 0.29) is 11.6 Å². The largest absolute Gasteiger partial charge is 0.381 e. The van der Waals surface area contributed by atoms with Crippen molar-refractivity contribution in [2.24, 2.45) is 5.92 Å². The third kappa shape index (κ3) is 4.62. The SMILES string of the molecule is CCN(CC1CCOC1)C(=O)c1ccc(Nc2ccccc2)c([N+](=O)[O-])c1. The van der Waals surface area contributed by atoms with Crippen molar-refractivity contribution in [3.05, 3.63) is 64.2 Å². The zero-order chi connectivity index (χ0) is 19.2. The molecule has 2 aromatic rings. The number of benzene rings is 2. The molecule has 1 saturated heterocycles. The second-order valence-electron chi connectivity index (χ2n) is 6.55. The molecule has 1 N–H and O–H groups in total. The lowest BCUT2D eigenvalue weighted by Gasteiger charge is -2.24. The zero-order valence-electron chi connectivity index (χ0n) is 15.3. The molecule has 1 fully saturated rings. The van der Waals surface area contributed by atoms with Gasteiger partial charge in [-0.3, -0.25) is 14.9 Å². The van der Waals surface area contributed by atoms with Crippen molar-refractivity contribution in [1.29, 1.82) is 0 Å². The van der Waals surface area contributed by atoms with Crippen molar-refractivity contribution >= 4 is 23.0 Å². The topological polar surface area (TPSA) is 84.7 Å². The summed E-state index contributed by atoms with van der Waals surface area (Å²) in [5.74, 6) is 0.127. The molecule has 0 aliphatic carbocycles. The minimum Gasteiger partial charge on any atom is -0.381 e. The van der Waals surface area contributed by atoms with Gasteiger partial charge in [0, 0.05) is 42.9 Å². The van der Waals surface area contributed by atoms with E-state index in [1.807, 2.05) is 37.3 Å². The highest BCUT2D eigenvalue weighted by Gasteiger charge is 2.24. The monoisotopic (exact) mass is 369 g/mol. The van der Waals surface area contributed by atoms with E-state index in [2.05, 4.69) is 5.32 Å². The van der Waals surface area contributed by atoms with Crippen molar-refractivity contribution < 1.29 is 14.5 Å². The molecule has 142 valence electrons. The van der Waals surface area contributed by atoms with Gasteiger partial charge in [-0.2, -0.15) is 0 Å². The summed E-state index contributed by atoms with van der Waals surface area (Å²) in [6, 6.07) is 13.8. The number of nitro benzene ring substituents is 1. The molecule has 7 nitrogen and oxygen atoms in total. The summed E-state index contributed by atoms with van der Waals surface area (Å²) in [6.07, 6.45) is 0.934. The van der Waals surface area contributed by atoms with Crippen LogP contribution in [0.1, 0.15) is 23.7 Å². The number of nitro groups is 1. The quantitative estimate of drug-likeness (QED) is 0.592. The van der Waals surface area contributed by atoms with Crippen molar-refractivity contribution in [3.63, 3.8) is 0 Å². The van der Waals surface area contributed by atoms with Crippen LogP contribution in [0.15, 0.2) is 48.5 Å². The van der Waals surface area contributed by atoms with Gasteiger partial charge in [0.15, 0.2) is 0 Å². The van der Waals surface area contributed by atoms with Gasteiger partial charge in [-0.15, -0.1) is 0 Å². The summed E-state index contributed by atoms with van der Waals surface area (Å²) in [6.45, 7) is 4.44. The lowest BCUT2D eigenvalue weighted by atomic mass is 10.1. The van der Waals surface area contributed by atoms with Crippen LogP contribution in [0.4, 0.5) is 17.1 Å². The van der Waals surface area contributed by atoms with E-state index < -0.39 is 4.92 Å². The van der Waals surface area contributed by atoms with Crippen molar-refractivity contribution in [2.45, 2.75) is 13.3 Å². The van der Waals surface area contributed by atoms with Gasteiger partial charge in [0.1, 0.15) is 5.69 Å². The molecule has 0 radical (unpaired) electrons. The highest BCUT2D eigenvalue weighted by atomic mass is 16.6. The van der Waals surface area contributed by atoms with Gasteiger partial charge in [0.2, 0.25) is 0 Å². The van der Waals surface area contributed by atoms with E-state index in [0.29, 0.717) is 36.9 Å². The summed E-state index contributed by atoms with van der Waals surface area (Å²) >= 11 is 0. The normalized spacial score (nSPS) is 16.1. The molecule has 0 aromatic heterocycles. The molecular weight excluding hydrogens is 346 g/mol. The minimum absolute atomic E-state index is 0.120. The van der Waals surface area contributed by atoms with Crippen LogP contribution in [0, 0.1) is 16.0 Å². The molecule has 1 aliphatic heterocycles. The van der Waals surface area contributed by atoms with Crippen molar-refractivity contribution in [2.75, 3.05) is 31.6 Å². The van der Waals surface area contributed by atoms with Crippen molar-refractivity contribution in [3.8, 4) is 0 Å². The fourth-order valence-electron chi connectivity index (χ4n) is 3.18. The molecular formula is C20H23N3O4. The number of amides is 1. The van der Waals surface area contributed by atoms with Gasteiger partial charge >= 0.3 is 0 Å². The number of anilines is 2. The van der Waals surface area contributed by atoms with E-state index in [0.717, 1.165) is 18.7 Å². The Bertz CT molecular complexity index is 804. The average molecular weight is 369 g/mol. The molecule has 1 unspecified atom stereocenters. The van der Waals surface area contributed by atoms with Gasteiger partial charge in [0.25, 0.3) is 11.6 Å². The first kappa shape index (κ1) is 18.8. The van der Waals surface area contributed by atoms with E-state index in [9.17, 15) is 14.9 Å². The highest BCUT2D eigenvalue weighted by Crippen LogP contribution is 2.29. The molecule has 1 heterocycles. The standard InChI is InChI=1S/C20H23N3O4/c1-2-22(13-15-10-11-27-14-15)20(24)16-8-9-18(19(12-16)23(25)26)21-17-6-4-3-5-7-17/h3-9,12,15,21H,2,10-11,13-14H2,1H3. The van der Waals surface area contributed by atoms with Gasteiger partial charge in [-0.25, -0.2) is 0 Å². The number of para-hydroxylation sites is 1. The Balaban J connectivity index is 1.81.